The second-order valence-corrected chi connectivity index (χ2v) is 6.63. The molecule has 140 valence electrons. The first-order valence-corrected chi connectivity index (χ1v) is 9.48. The second-order valence-electron chi connectivity index (χ2n) is 6.63. The van der Waals surface area contributed by atoms with E-state index in [1.54, 1.807) is 6.08 Å². The van der Waals surface area contributed by atoms with E-state index in [2.05, 4.69) is 11.9 Å². The van der Waals surface area contributed by atoms with Crippen molar-refractivity contribution < 1.29 is 14.3 Å². The molecule has 0 bridgehead atoms. The van der Waals surface area contributed by atoms with E-state index in [1.165, 1.54) is 0 Å². The number of ether oxygens (including phenoxy) is 2. The zero-order valence-corrected chi connectivity index (χ0v) is 15.7. The number of carbonyl (C=O) groups is 1. The maximum Gasteiger partial charge on any atom is 0.363 e. The van der Waals surface area contributed by atoms with Crippen molar-refractivity contribution in [3.05, 3.63) is 83.6 Å². The van der Waals surface area contributed by atoms with Gasteiger partial charge in [-0.15, -0.1) is 0 Å². The standard InChI is InChI=1S/C24H21NO3/c1-2-3-15-27-20-13-11-18(12-14-20)23-25-22(24(26)28-23)16-19-9-6-8-17-7-4-5-10-21(17)19/h4-14,16H,2-3,15H2,1H3. The van der Waals surface area contributed by atoms with E-state index >= 15 is 0 Å². The molecule has 4 heteroatoms. The zero-order valence-electron chi connectivity index (χ0n) is 15.7. The molecule has 1 heterocycles. The highest BCUT2D eigenvalue weighted by molar-refractivity contribution is 6.13. The first-order valence-electron chi connectivity index (χ1n) is 9.48. The second kappa shape index (κ2) is 8.09. The fraction of sp³-hybridized carbons (Fsp3) is 0.167. The summed E-state index contributed by atoms with van der Waals surface area (Å²) in [5.41, 5.74) is 1.99. The van der Waals surface area contributed by atoms with Gasteiger partial charge in [0, 0.05) is 5.56 Å². The number of hydrogen-bond donors (Lipinski definition) is 0. The number of unbranched alkanes of at least 4 members (excludes halogenated alkanes) is 1. The van der Waals surface area contributed by atoms with Gasteiger partial charge in [-0.1, -0.05) is 55.8 Å². The Labute approximate surface area is 164 Å². The molecule has 0 spiro atoms. The smallest absolute Gasteiger partial charge is 0.363 e. The summed E-state index contributed by atoms with van der Waals surface area (Å²) >= 11 is 0. The quantitative estimate of drug-likeness (QED) is 0.333. The molecule has 1 aliphatic rings. The molecular formula is C24H21NO3. The van der Waals surface area contributed by atoms with Gasteiger partial charge >= 0.3 is 5.97 Å². The lowest BCUT2D eigenvalue weighted by Crippen LogP contribution is -2.05. The van der Waals surface area contributed by atoms with E-state index in [-0.39, 0.29) is 0 Å². The molecule has 3 aromatic carbocycles. The van der Waals surface area contributed by atoms with Gasteiger partial charge in [-0.3, -0.25) is 0 Å². The number of cyclic esters (lactones) is 1. The maximum absolute atomic E-state index is 12.3. The van der Waals surface area contributed by atoms with E-state index in [9.17, 15) is 4.79 Å². The highest BCUT2D eigenvalue weighted by Gasteiger charge is 2.24. The van der Waals surface area contributed by atoms with Gasteiger partial charge in [-0.05, 0) is 53.1 Å². The van der Waals surface area contributed by atoms with Gasteiger partial charge < -0.3 is 9.47 Å². The number of rotatable bonds is 6. The predicted octanol–water partition coefficient (Wildman–Crippen LogP) is 5.36. The summed E-state index contributed by atoms with van der Waals surface area (Å²) in [6, 6.07) is 21.5. The van der Waals surface area contributed by atoms with Crippen LogP contribution in [0.3, 0.4) is 0 Å². The lowest BCUT2D eigenvalue weighted by atomic mass is 10.0. The van der Waals surface area contributed by atoms with Crippen LogP contribution in [-0.4, -0.2) is 18.5 Å². The lowest BCUT2D eigenvalue weighted by molar-refractivity contribution is -0.129. The molecule has 28 heavy (non-hydrogen) atoms. The average Bonchev–Trinajstić information content (AvgIpc) is 3.09. The van der Waals surface area contributed by atoms with Crippen LogP contribution < -0.4 is 4.74 Å². The van der Waals surface area contributed by atoms with Crippen LogP contribution in [0.5, 0.6) is 5.75 Å². The summed E-state index contributed by atoms with van der Waals surface area (Å²) in [5, 5.41) is 2.19. The molecule has 0 unspecified atom stereocenters. The summed E-state index contributed by atoms with van der Waals surface area (Å²) in [6.45, 7) is 2.83. The Balaban J connectivity index is 1.58. The minimum atomic E-state index is -0.439. The number of benzene rings is 3. The van der Waals surface area contributed by atoms with Gasteiger partial charge in [0.15, 0.2) is 5.70 Å². The number of aliphatic imine (C=N–C) groups is 1. The first kappa shape index (κ1) is 18.0. The van der Waals surface area contributed by atoms with Gasteiger partial charge in [0.25, 0.3) is 0 Å². The molecule has 0 saturated carbocycles. The van der Waals surface area contributed by atoms with Crippen LogP contribution in [0.2, 0.25) is 0 Å². The molecule has 0 atom stereocenters. The highest BCUT2D eigenvalue weighted by Crippen LogP contribution is 2.25. The van der Waals surface area contributed by atoms with Crippen molar-refractivity contribution in [1.82, 2.24) is 0 Å². The molecule has 1 aliphatic heterocycles. The monoisotopic (exact) mass is 371 g/mol. The molecule has 4 nitrogen and oxygen atoms in total. The lowest BCUT2D eigenvalue weighted by Gasteiger charge is -2.05. The zero-order chi connectivity index (χ0) is 19.3. The number of carbonyl (C=O) groups excluding carboxylic acids is 1. The molecular weight excluding hydrogens is 350 g/mol. The number of esters is 1. The minimum absolute atomic E-state index is 0.301. The Morgan fingerprint density at radius 2 is 1.79 bits per heavy atom. The molecule has 0 radical (unpaired) electrons. The van der Waals surface area contributed by atoms with Crippen LogP contribution in [0.4, 0.5) is 0 Å². The van der Waals surface area contributed by atoms with Crippen molar-refractivity contribution >= 4 is 28.7 Å². The van der Waals surface area contributed by atoms with Crippen LogP contribution >= 0.6 is 0 Å². The highest BCUT2D eigenvalue weighted by atomic mass is 16.6. The van der Waals surface area contributed by atoms with E-state index in [0.29, 0.717) is 18.2 Å². The van der Waals surface area contributed by atoms with Crippen LogP contribution in [0.1, 0.15) is 30.9 Å². The molecule has 0 amide bonds. The van der Waals surface area contributed by atoms with Crippen LogP contribution in [0.15, 0.2) is 77.4 Å². The fourth-order valence-corrected chi connectivity index (χ4v) is 3.08. The minimum Gasteiger partial charge on any atom is -0.494 e. The molecule has 0 N–H and O–H groups in total. The SMILES string of the molecule is CCCCOc1ccc(C2=NC(=Cc3cccc4ccccc34)C(=O)O2)cc1. The Morgan fingerprint density at radius 3 is 2.61 bits per heavy atom. The first-order chi connectivity index (χ1) is 13.7. The molecule has 4 rings (SSSR count). The number of nitrogens with zero attached hydrogens (tertiary/aromatic N) is 1. The van der Waals surface area contributed by atoms with Gasteiger partial charge in [0.1, 0.15) is 5.75 Å². The largest absolute Gasteiger partial charge is 0.494 e. The van der Waals surface area contributed by atoms with Crippen molar-refractivity contribution in [2.75, 3.05) is 6.61 Å². The normalized spacial score (nSPS) is 15.0. The molecule has 0 aromatic heterocycles. The summed E-state index contributed by atoms with van der Waals surface area (Å²) in [4.78, 5) is 16.7. The van der Waals surface area contributed by atoms with Crippen molar-refractivity contribution in [1.29, 1.82) is 0 Å². The Kier molecular flexibility index (Phi) is 5.20. The number of hydrogen-bond acceptors (Lipinski definition) is 4. The van der Waals surface area contributed by atoms with Gasteiger partial charge in [-0.25, -0.2) is 9.79 Å². The molecule has 3 aromatic rings. The third-order valence-electron chi connectivity index (χ3n) is 4.60. The average molecular weight is 371 g/mol. The van der Waals surface area contributed by atoms with Gasteiger partial charge in [0.05, 0.1) is 6.61 Å². The number of fused-ring (bicyclic) bond motifs is 1. The summed E-state index contributed by atoms with van der Waals surface area (Å²) < 4.78 is 11.1. The summed E-state index contributed by atoms with van der Waals surface area (Å²) in [5.74, 6) is 0.677. The van der Waals surface area contributed by atoms with E-state index in [4.69, 9.17) is 9.47 Å². The van der Waals surface area contributed by atoms with Crippen LogP contribution in [0.25, 0.3) is 16.8 Å². The third kappa shape index (κ3) is 3.81. The van der Waals surface area contributed by atoms with Crippen molar-refractivity contribution in [2.45, 2.75) is 19.8 Å². The fourth-order valence-electron chi connectivity index (χ4n) is 3.08. The van der Waals surface area contributed by atoms with Crippen LogP contribution in [-0.2, 0) is 9.53 Å². The molecule has 0 aliphatic carbocycles. The Morgan fingerprint density at radius 1 is 1.00 bits per heavy atom. The predicted molar refractivity (Wildman–Crippen MR) is 111 cm³/mol. The van der Waals surface area contributed by atoms with E-state index in [0.717, 1.165) is 40.5 Å². The summed E-state index contributed by atoms with van der Waals surface area (Å²) in [7, 11) is 0. The van der Waals surface area contributed by atoms with E-state index in [1.807, 2.05) is 66.7 Å². The molecule has 0 fully saturated rings. The molecule has 0 saturated heterocycles. The van der Waals surface area contributed by atoms with Crippen molar-refractivity contribution in [2.24, 2.45) is 4.99 Å². The van der Waals surface area contributed by atoms with Crippen molar-refractivity contribution in [3.8, 4) is 5.75 Å². The Hall–Kier alpha value is -3.40. The maximum atomic E-state index is 12.3. The topological polar surface area (TPSA) is 47.9 Å². The van der Waals surface area contributed by atoms with Crippen molar-refractivity contribution in [3.63, 3.8) is 0 Å². The Bertz CT molecular complexity index is 1060. The third-order valence-corrected chi connectivity index (χ3v) is 4.60. The van der Waals surface area contributed by atoms with Gasteiger partial charge in [-0.2, -0.15) is 0 Å². The van der Waals surface area contributed by atoms with Crippen LogP contribution in [0, 0.1) is 0 Å². The summed E-state index contributed by atoms with van der Waals surface area (Å²) in [6.07, 6.45) is 3.89. The van der Waals surface area contributed by atoms with E-state index < -0.39 is 5.97 Å². The van der Waals surface area contributed by atoms with Gasteiger partial charge in [0.2, 0.25) is 5.90 Å².